The Bertz CT molecular complexity index is 887. The predicted octanol–water partition coefficient (Wildman–Crippen LogP) is 4.69. The highest BCUT2D eigenvalue weighted by atomic mass is 32.1. The van der Waals surface area contributed by atoms with Gasteiger partial charge in [-0.05, 0) is 74.6 Å². The fourth-order valence-electron chi connectivity index (χ4n) is 2.80. The lowest BCUT2D eigenvalue weighted by Gasteiger charge is -2.23. The third-order valence-corrected chi connectivity index (χ3v) is 5.81. The van der Waals surface area contributed by atoms with E-state index in [1.165, 1.54) is 16.9 Å². The number of aromatic nitrogens is 1. The Morgan fingerprint density at radius 2 is 1.93 bits per heavy atom. The van der Waals surface area contributed by atoms with Crippen molar-refractivity contribution in [3.63, 3.8) is 0 Å². The molecule has 1 aromatic carbocycles. The topological polar surface area (TPSA) is 54.5 Å². The van der Waals surface area contributed by atoms with Crippen LogP contribution in [0.4, 0.5) is 0 Å². The molecule has 1 amide bonds. The molecule has 3 aromatic rings. The van der Waals surface area contributed by atoms with Crippen molar-refractivity contribution in [2.45, 2.75) is 26.0 Å². The second kappa shape index (κ2) is 9.32. The number of amides is 1. The summed E-state index contributed by atoms with van der Waals surface area (Å²) in [7, 11) is 4.03. The minimum atomic E-state index is -0.149. The number of carbonyl (C=O) groups excluding carboxylic acids is 1. The molecule has 0 radical (unpaired) electrons. The number of hydrogen-bond acceptors (Lipinski definition) is 6. The van der Waals surface area contributed by atoms with Gasteiger partial charge in [-0.15, -0.1) is 11.3 Å². The Kier molecular flexibility index (Phi) is 6.83. The van der Waals surface area contributed by atoms with Gasteiger partial charge < -0.3 is 15.0 Å². The van der Waals surface area contributed by atoms with Gasteiger partial charge in [0.1, 0.15) is 16.5 Å². The van der Waals surface area contributed by atoms with Gasteiger partial charge in [0.05, 0.1) is 12.1 Å². The van der Waals surface area contributed by atoms with E-state index in [0.717, 1.165) is 16.3 Å². The molecule has 148 valence electrons. The zero-order valence-electron chi connectivity index (χ0n) is 16.5. The molecule has 3 rings (SSSR count). The highest BCUT2D eigenvalue weighted by Gasteiger charge is 2.18. The lowest BCUT2D eigenvalue weighted by atomic mass is 10.1. The van der Waals surface area contributed by atoms with Crippen molar-refractivity contribution < 1.29 is 9.53 Å². The van der Waals surface area contributed by atoms with E-state index in [-0.39, 0.29) is 18.1 Å². The van der Waals surface area contributed by atoms with Crippen LogP contribution in [0.2, 0.25) is 0 Å². The largest absolute Gasteiger partial charge is 0.491 e. The lowest BCUT2D eigenvalue weighted by Crippen LogP contribution is -2.34. The molecule has 28 heavy (non-hydrogen) atoms. The van der Waals surface area contributed by atoms with Gasteiger partial charge in [0, 0.05) is 17.5 Å². The van der Waals surface area contributed by atoms with E-state index in [4.69, 9.17) is 4.74 Å². The molecular formula is C21H25N3O2S2. The van der Waals surface area contributed by atoms with Crippen molar-refractivity contribution >= 4 is 28.6 Å². The van der Waals surface area contributed by atoms with Crippen molar-refractivity contribution in [3.8, 4) is 16.3 Å². The van der Waals surface area contributed by atoms with Gasteiger partial charge in [0.25, 0.3) is 5.91 Å². The van der Waals surface area contributed by atoms with Crippen LogP contribution >= 0.6 is 22.7 Å². The van der Waals surface area contributed by atoms with E-state index in [9.17, 15) is 4.79 Å². The number of carbonyl (C=O) groups is 1. The average Bonchev–Trinajstić information content (AvgIpc) is 3.34. The van der Waals surface area contributed by atoms with Crippen LogP contribution in [0.3, 0.4) is 0 Å². The van der Waals surface area contributed by atoms with E-state index in [1.807, 2.05) is 52.2 Å². The summed E-state index contributed by atoms with van der Waals surface area (Å²) in [5.74, 6) is 0.681. The maximum Gasteiger partial charge on any atom is 0.270 e. The van der Waals surface area contributed by atoms with E-state index < -0.39 is 0 Å². The van der Waals surface area contributed by atoms with Gasteiger partial charge in [-0.25, -0.2) is 4.98 Å². The number of ether oxygens (including phenoxy) is 1. The van der Waals surface area contributed by atoms with Crippen LogP contribution in [0.5, 0.6) is 5.75 Å². The molecule has 0 fully saturated rings. The Hall–Kier alpha value is -2.22. The molecule has 2 aromatic heterocycles. The number of nitrogens with zero attached hydrogens (tertiary/aromatic N) is 2. The van der Waals surface area contributed by atoms with Crippen LogP contribution < -0.4 is 10.1 Å². The summed E-state index contributed by atoms with van der Waals surface area (Å²) in [6.07, 6.45) is 0.140. The summed E-state index contributed by atoms with van der Waals surface area (Å²) in [6, 6.07) is 10.0. The molecule has 0 aliphatic rings. The summed E-state index contributed by atoms with van der Waals surface area (Å²) in [5, 5.41) is 9.81. The molecule has 2 heterocycles. The van der Waals surface area contributed by atoms with Crippen molar-refractivity contribution in [2.75, 3.05) is 20.6 Å². The third kappa shape index (κ3) is 5.19. The molecule has 0 aliphatic heterocycles. The van der Waals surface area contributed by atoms with Crippen LogP contribution in [-0.2, 0) is 0 Å². The van der Waals surface area contributed by atoms with Crippen LogP contribution in [0, 0.1) is 0 Å². The number of thiazole rings is 1. The van der Waals surface area contributed by atoms with Crippen LogP contribution in [0.15, 0.2) is 46.5 Å². The highest BCUT2D eigenvalue weighted by Crippen LogP contribution is 2.26. The van der Waals surface area contributed by atoms with Crippen molar-refractivity contribution in [2.24, 2.45) is 0 Å². The maximum atomic E-state index is 12.6. The average molecular weight is 416 g/mol. The number of likely N-dealkylation sites (N-methyl/N-ethyl adjacent to an activating group) is 1. The van der Waals surface area contributed by atoms with Gasteiger partial charge in [0.15, 0.2) is 0 Å². The maximum absolute atomic E-state index is 12.6. The van der Waals surface area contributed by atoms with E-state index in [2.05, 4.69) is 32.0 Å². The summed E-state index contributed by atoms with van der Waals surface area (Å²) in [4.78, 5) is 19.2. The molecule has 0 spiro atoms. The summed E-state index contributed by atoms with van der Waals surface area (Å²) in [6.45, 7) is 4.54. The lowest BCUT2D eigenvalue weighted by molar-refractivity contribution is 0.0937. The fraction of sp³-hybridized carbons (Fsp3) is 0.333. The minimum Gasteiger partial charge on any atom is -0.491 e. The Labute approximate surface area is 174 Å². The molecule has 0 saturated heterocycles. The Balaban J connectivity index is 1.63. The monoisotopic (exact) mass is 415 g/mol. The van der Waals surface area contributed by atoms with E-state index >= 15 is 0 Å². The molecule has 0 saturated carbocycles. The van der Waals surface area contributed by atoms with Gasteiger partial charge in [-0.3, -0.25) is 4.79 Å². The number of nitrogens with one attached hydrogen (secondary N) is 1. The molecule has 5 nitrogen and oxygen atoms in total. The Morgan fingerprint density at radius 1 is 1.18 bits per heavy atom. The second-order valence-electron chi connectivity index (χ2n) is 6.97. The van der Waals surface area contributed by atoms with Gasteiger partial charge >= 0.3 is 0 Å². The smallest absolute Gasteiger partial charge is 0.270 e. The Morgan fingerprint density at radius 3 is 2.54 bits per heavy atom. The molecular weight excluding hydrogens is 390 g/mol. The first kappa shape index (κ1) is 20.5. The quantitative estimate of drug-likeness (QED) is 0.580. The normalized spacial score (nSPS) is 12.4. The molecule has 1 atom stereocenters. The number of benzene rings is 1. The molecule has 0 bridgehead atoms. The molecule has 1 unspecified atom stereocenters. The minimum absolute atomic E-state index is 0.140. The zero-order chi connectivity index (χ0) is 20.1. The fourth-order valence-corrected chi connectivity index (χ4v) is 4.32. The first-order chi connectivity index (χ1) is 13.4. The first-order valence-electron chi connectivity index (χ1n) is 9.13. The van der Waals surface area contributed by atoms with Crippen molar-refractivity contribution in [3.05, 3.63) is 57.7 Å². The first-order valence-corrected chi connectivity index (χ1v) is 11.0. The van der Waals surface area contributed by atoms with Crippen molar-refractivity contribution in [1.29, 1.82) is 0 Å². The van der Waals surface area contributed by atoms with Crippen LogP contribution in [0.25, 0.3) is 10.6 Å². The van der Waals surface area contributed by atoms with Gasteiger partial charge in [0.2, 0.25) is 0 Å². The highest BCUT2D eigenvalue weighted by molar-refractivity contribution is 7.13. The van der Waals surface area contributed by atoms with E-state index in [0.29, 0.717) is 12.2 Å². The summed E-state index contributed by atoms with van der Waals surface area (Å²) < 4.78 is 5.67. The zero-order valence-corrected chi connectivity index (χ0v) is 18.1. The van der Waals surface area contributed by atoms with E-state index in [1.54, 1.807) is 16.7 Å². The SMILES string of the molecule is CC(C)Oc1ccc(-c2nc(C(=O)NCC(c3ccsc3)N(C)C)cs2)cc1. The van der Waals surface area contributed by atoms with Gasteiger partial charge in [-0.2, -0.15) is 11.3 Å². The third-order valence-electron chi connectivity index (χ3n) is 4.22. The standard InChI is InChI=1S/C21H25N3O2S2/c1-14(2)26-17-7-5-15(6-8-17)21-23-18(13-28-21)20(25)22-11-19(24(3)4)16-9-10-27-12-16/h5-10,12-14,19H,11H2,1-4H3,(H,22,25). The summed E-state index contributed by atoms with van der Waals surface area (Å²) >= 11 is 3.13. The predicted molar refractivity (Wildman–Crippen MR) is 116 cm³/mol. The summed E-state index contributed by atoms with van der Waals surface area (Å²) in [5.41, 5.74) is 2.63. The second-order valence-corrected chi connectivity index (χ2v) is 8.61. The molecule has 1 N–H and O–H groups in total. The van der Waals surface area contributed by atoms with Crippen molar-refractivity contribution in [1.82, 2.24) is 15.2 Å². The van der Waals surface area contributed by atoms with Crippen LogP contribution in [0.1, 0.15) is 35.9 Å². The number of rotatable bonds is 8. The number of hydrogen-bond donors (Lipinski definition) is 1. The molecule has 7 heteroatoms. The number of thiophene rings is 1. The van der Waals surface area contributed by atoms with Crippen LogP contribution in [-0.4, -0.2) is 42.5 Å². The van der Waals surface area contributed by atoms with Gasteiger partial charge in [-0.1, -0.05) is 0 Å². The molecule has 0 aliphatic carbocycles.